The average Bonchev–Trinajstić information content (AvgIpc) is 3.29. The molecule has 1 N–H and O–H groups in total. The molecule has 1 aromatic heterocycles. The number of nitrogens with zero attached hydrogens (tertiary/aromatic N) is 3. The molecule has 0 unspecified atom stereocenters. The van der Waals surface area contributed by atoms with E-state index in [2.05, 4.69) is 26.0 Å². The molecule has 4 rings (SSSR count). The topological polar surface area (TPSA) is 82.9 Å². The van der Waals surface area contributed by atoms with E-state index in [0.717, 1.165) is 21.3 Å². The smallest absolute Gasteiger partial charge is 0.335 e. The van der Waals surface area contributed by atoms with Gasteiger partial charge in [-0.25, -0.2) is 9.78 Å². The number of carboxylic acid groups (broad SMARTS) is 1. The van der Waals surface area contributed by atoms with Crippen LogP contribution in [-0.4, -0.2) is 27.7 Å². The Bertz CT molecular complexity index is 1160. The van der Waals surface area contributed by atoms with Crippen LogP contribution in [0.5, 0.6) is 0 Å². The van der Waals surface area contributed by atoms with E-state index in [1.165, 1.54) is 28.5 Å². The van der Waals surface area contributed by atoms with Gasteiger partial charge in [-0.05, 0) is 42.8 Å². The Morgan fingerprint density at radius 1 is 1.14 bits per heavy atom. The van der Waals surface area contributed by atoms with Crippen molar-refractivity contribution in [3.63, 3.8) is 0 Å². The summed E-state index contributed by atoms with van der Waals surface area (Å²) in [4.78, 5) is 28.4. The molecule has 144 valence electrons. The lowest BCUT2D eigenvalue weighted by Crippen LogP contribution is -2.21. The summed E-state index contributed by atoms with van der Waals surface area (Å²) >= 11 is 4.76. The number of carboxylic acids is 1. The number of aromatic carboxylic acids is 1. The molecule has 6 nitrogen and oxygen atoms in total. The second kappa shape index (κ2) is 7.73. The van der Waals surface area contributed by atoms with Gasteiger partial charge in [-0.1, -0.05) is 40.2 Å². The van der Waals surface area contributed by atoms with Gasteiger partial charge in [0.05, 0.1) is 22.5 Å². The first kappa shape index (κ1) is 19.2. The minimum Gasteiger partial charge on any atom is -0.478 e. The highest BCUT2D eigenvalue weighted by molar-refractivity contribution is 9.10. The number of hydrazone groups is 1. The van der Waals surface area contributed by atoms with Crippen LogP contribution in [0.4, 0.5) is 5.13 Å². The molecule has 2 aromatic carbocycles. The number of carbonyl (C=O) groups is 2. The number of benzene rings is 2. The average molecular weight is 468 g/mol. The number of amides is 1. The van der Waals surface area contributed by atoms with Gasteiger partial charge in [-0.2, -0.15) is 10.1 Å². The Balaban J connectivity index is 1.59. The van der Waals surface area contributed by atoms with E-state index in [-0.39, 0.29) is 11.5 Å². The summed E-state index contributed by atoms with van der Waals surface area (Å²) in [6, 6.07) is 14.1. The molecule has 29 heavy (non-hydrogen) atoms. The molecule has 0 saturated carbocycles. The zero-order valence-electron chi connectivity index (χ0n) is 15.2. The summed E-state index contributed by atoms with van der Waals surface area (Å²) in [5.41, 5.74) is 3.69. The van der Waals surface area contributed by atoms with Crippen LogP contribution in [0.25, 0.3) is 17.3 Å². The largest absolute Gasteiger partial charge is 0.478 e. The highest BCUT2D eigenvalue weighted by Gasteiger charge is 2.30. The fourth-order valence-electron chi connectivity index (χ4n) is 2.82. The summed E-state index contributed by atoms with van der Waals surface area (Å²) in [6.07, 6.45) is 1.70. The van der Waals surface area contributed by atoms with Crippen molar-refractivity contribution in [3.05, 3.63) is 75.1 Å². The zero-order chi connectivity index (χ0) is 20.5. The van der Waals surface area contributed by atoms with E-state index in [4.69, 9.17) is 5.11 Å². The fourth-order valence-corrected chi connectivity index (χ4v) is 3.86. The van der Waals surface area contributed by atoms with Crippen molar-refractivity contribution in [1.29, 1.82) is 0 Å². The molecule has 0 fully saturated rings. The molecule has 8 heteroatoms. The van der Waals surface area contributed by atoms with Crippen LogP contribution >= 0.6 is 27.3 Å². The third-order valence-electron chi connectivity index (χ3n) is 4.34. The highest BCUT2D eigenvalue weighted by atomic mass is 79.9. The van der Waals surface area contributed by atoms with Crippen molar-refractivity contribution in [3.8, 4) is 11.3 Å². The standard InChI is InChI=1S/C21H14BrN3O3S/c1-12-17(10-13-2-4-15(5-3-13)20(27)28)19(26)25(24-12)21-23-18(11-29-21)14-6-8-16(22)9-7-14/h2-11H,1H3,(H,27,28)/b17-10+. The minimum atomic E-state index is -0.990. The first-order chi connectivity index (χ1) is 13.9. The molecular formula is C21H14BrN3O3S. The Labute approximate surface area is 179 Å². The maximum atomic E-state index is 12.9. The number of hydrogen-bond acceptors (Lipinski definition) is 5. The Kier molecular flexibility index (Phi) is 5.12. The van der Waals surface area contributed by atoms with Crippen LogP contribution in [0, 0.1) is 0 Å². The predicted octanol–water partition coefficient (Wildman–Crippen LogP) is 5.08. The lowest BCUT2D eigenvalue weighted by atomic mass is 10.1. The quantitative estimate of drug-likeness (QED) is 0.542. The number of rotatable bonds is 4. The molecule has 0 bridgehead atoms. The number of anilines is 1. The molecule has 1 aliphatic rings. The van der Waals surface area contributed by atoms with E-state index < -0.39 is 5.97 Å². The number of hydrogen-bond donors (Lipinski definition) is 1. The number of halogens is 1. The monoisotopic (exact) mass is 467 g/mol. The first-order valence-electron chi connectivity index (χ1n) is 8.59. The lowest BCUT2D eigenvalue weighted by Gasteiger charge is -2.07. The number of aromatic nitrogens is 1. The highest BCUT2D eigenvalue weighted by Crippen LogP contribution is 2.32. The molecule has 0 radical (unpaired) electrons. The summed E-state index contributed by atoms with van der Waals surface area (Å²) in [7, 11) is 0. The molecule has 1 amide bonds. The lowest BCUT2D eigenvalue weighted by molar-refractivity contribution is -0.114. The molecule has 0 aliphatic carbocycles. The van der Waals surface area contributed by atoms with Gasteiger partial charge in [0.15, 0.2) is 0 Å². The molecule has 0 saturated heterocycles. The third-order valence-corrected chi connectivity index (χ3v) is 5.69. The second-order valence-electron chi connectivity index (χ2n) is 6.31. The van der Waals surface area contributed by atoms with Crippen LogP contribution in [0.3, 0.4) is 0 Å². The van der Waals surface area contributed by atoms with Crippen molar-refractivity contribution in [2.24, 2.45) is 5.10 Å². The van der Waals surface area contributed by atoms with Crippen molar-refractivity contribution >= 4 is 56.1 Å². The summed E-state index contributed by atoms with van der Waals surface area (Å²) < 4.78 is 0.984. The van der Waals surface area contributed by atoms with Crippen molar-refractivity contribution in [1.82, 2.24) is 4.98 Å². The second-order valence-corrected chi connectivity index (χ2v) is 8.06. The maximum Gasteiger partial charge on any atom is 0.335 e. The SMILES string of the molecule is CC1=NN(c2nc(-c3ccc(Br)cc3)cs2)C(=O)/C1=C/c1ccc(C(=O)O)cc1. The Morgan fingerprint density at radius 3 is 2.48 bits per heavy atom. The molecule has 0 spiro atoms. The number of thiazole rings is 1. The first-order valence-corrected chi connectivity index (χ1v) is 10.3. The number of carbonyl (C=O) groups excluding carboxylic acids is 1. The Hall–Kier alpha value is -3.10. The van der Waals surface area contributed by atoms with Gasteiger partial charge < -0.3 is 5.11 Å². The predicted molar refractivity (Wildman–Crippen MR) is 117 cm³/mol. The van der Waals surface area contributed by atoms with Gasteiger partial charge in [0.25, 0.3) is 5.91 Å². The van der Waals surface area contributed by atoms with Crippen molar-refractivity contribution in [2.75, 3.05) is 5.01 Å². The van der Waals surface area contributed by atoms with Gasteiger partial charge in [0, 0.05) is 15.4 Å². The summed E-state index contributed by atoms with van der Waals surface area (Å²) in [5, 5.41) is 17.1. The fraction of sp³-hybridized carbons (Fsp3) is 0.0476. The molecule has 0 atom stereocenters. The third kappa shape index (κ3) is 3.90. The van der Waals surface area contributed by atoms with Gasteiger partial charge in [0.1, 0.15) is 0 Å². The van der Waals surface area contributed by atoms with E-state index in [9.17, 15) is 9.59 Å². The van der Waals surface area contributed by atoms with Crippen LogP contribution in [0.1, 0.15) is 22.8 Å². The molecular weight excluding hydrogens is 454 g/mol. The normalized spacial score (nSPS) is 15.1. The van der Waals surface area contributed by atoms with Gasteiger partial charge in [-0.3, -0.25) is 4.79 Å². The molecule has 1 aliphatic heterocycles. The zero-order valence-corrected chi connectivity index (χ0v) is 17.6. The van der Waals surface area contributed by atoms with Gasteiger partial charge >= 0.3 is 5.97 Å². The van der Waals surface area contributed by atoms with Crippen molar-refractivity contribution < 1.29 is 14.7 Å². The van der Waals surface area contributed by atoms with E-state index in [1.54, 1.807) is 25.1 Å². The van der Waals surface area contributed by atoms with E-state index >= 15 is 0 Å². The molecule has 2 heterocycles. The van der Waals surface area contributed by atoms with Crippen LogP contribution < -0.4 is 5.01 Å². The maximum absolute atomic E-state index is 12.9. The summed E-state index contributed by atoms with van der Waals surface area (Å²) in [5.74, 6) is -1.25. The van der Waals surface area contributed by atoms with Gasteiger partial charge in [-0.15, -0.1) is 11.3 Å². The van der Waals surface area contributed by atoms with Crippen LogP contribution in [-0.2, 0) is 4.79 Å². The van der Waals surface area contributed by atoms with Crippen LogP contribution in [0.2, 0.25) is 0 Å². The van der Waals surface area contributed by atoms with Gasteiger partial charge in [0.2, 0.25) is 5.13 Å². The van der Waals surface area contributed by atoms with Crippen molar-refractivity contribution in [2.45, 2.75) is 6.92 Å². The van der Waals surface area contributed by atoms with E-state index in [0.29, 0.717) is 16.4 Å². The Morgan fingerprint density at radius 2 is 1.83 bits per heavy atom. The minimum absolute atomic E-state index is 0.195. The summed E-state index contributed by atoms with van der Waals surface area (Å²) in [6.45, 7) is 1.76. The van der Waals surface area contributed by atoms with E-state index in [1.807, 2.05) is 29.6 Å². The molecule has 3 aromatic rings. The van der Waals surface area contributed by atoms with Crippen LogP contribution in [0.15, 0.2) is 69.1 Å².